The summed E-state index contributed by atoms with van der Waals surface area (Å²) in [5.74, 6) is -1.38. The molecule has 1 aliphatic rings. The lowest BCUT2D eigenvalue weighted by molar-refractivity contribution is -0.138. The third-order valence-electron chi connectivity index (χ3n) is 2.28. The number of benzene rings is 1. The highest BCUT2D eigenvalue weighted by atomic mass is 35.5. The van der Waals surface area contributed by atoms with Gasteiger partial charge in [0.05, 0.1) is 15.7 Å². The summed E-state index contributed by atoms with van der Waals surface area (Å²) in [6, 6.07) is 3.31. The van der Waals surface area contributed by atoms with Gasteiger partial charge in [0.15, 0.2) is 0 Å². The van der Waals surface area contributed by atoms with Crippen LogP contribution in [0.2, 0.25) is 10.0 Å². The molecule has 1 aromatic carbocycles. The fourth-order valence-electron chi connectivity index (χ4n) is 1.57. The predicted octanol–water partition coefficient (Wildman–Crippen LogP) is 2.59. The van der Waals surface area contributed by atoms with Crippen molar-refractivity contribution in [3.8, 4) is 0 Å². The van der Waals surface area contributed by atoms with Crippen LogP contribution in [0.15, 0.2) is 12.1 Å². The molecule has 1 aromatic rings. The molecule has 0 saturated heterocycles. The second-order valence-corrected chi connectivity index (χ2v) is 3.88. The van der Waals surface area contributed by atoms with E-state index < -0.39 is 11.9 Å². The fraction of sp³-hybridized carbons (Fsp3) is 0.222. The number of aliphatic carboxylic acids is 1. The third-order valence-corrected chi connectivity index (χ3v) is 3.09. The summed E-state index contributed by atoms with van der Waals surface area (Å²) in [6.45, 7) is 0.366. The molecule has 3 nitrogen and oxygen atoms in total. The maximum absolute atomic E-state index is 10.8. The van der Waals surface area contributed by atoms with E-state index in [1.807, 2.05) is 0 Å². The Morgan fingerprint density at radius 3 is 2.86 bits per heavy atom. The van der Waals surface area contributed by atoms with E-state index in [0.717, 1.165) is 0 Å². The van der Waals surface area contributed by atoms with Crippen molar-refractivity contribution in [2.24, 2.45) is 0 Å². The quantitative estimate of drug-likeness (QED) is 0.782. The Labute approximate surface area is 90.6 Å². The predicted molar refractivity (Wildman–Crippen MR) is 55.3 cm³/mol. The van der Waals surface area contributed by atoms with Crippen molar-refractivity contribution in [1.82, 2.24) is 0 Å². The zero-order valence-corrected chi connectivity index (χ0v) is 8.56. The molecular weight excluding hydrogens is 225 g/mol. The van der Waals surface area contributed by atoms with Crippen LogP contribution in [-0.4, -0.2) is 17.6 Å². The van der Waals surface area contributed by atoms with Crippen molar-refractivity contribution in [3.05, 3.63) is 27.7 Å². The Balaban J connectivity index is 2.53. The molecule has 0 amide bonds. The lowest BCUT2D eigenvalue weighted by atomic mass is 10.0. The summed E-state index contributed by atoms with van der Waals surface area (Å²) in [7, 11) is 0. The highest BCUT2D eigenvalue weighted by Crippen LogP contribution is 2.40. The molecule has 0 saturated carbocycles. The molecular formula is C9H7Cl2NO2. The van der Waals surface area contributed by atoms with Crippen LogP contribution in [-0.2, 0) is 4.79 Å². The van der Waals surface area contributed by atoms with Gasteiger partial charge in [0.25, 0.3) is 0 Å². The van der Waals surface area contributed by atoms with Gasteiger partial charge in [0.1, 0.15) is 5.92 Å². The Bertz CT molecular complexity index is 406. The molecule has 2 N–H and O–H groups in total. The molecule has 2 rings (SSSR count). The minimum Gasteiger partial charge on any atom is -0.481 e. The molecule has 14 heavy (non-hydrogen) atoms. The average molecular weight is 232 g/mol. The molecule has 0 aliphatic carbocycles. The van der Waals surface area contributed by atoms with E-state index in [1.54, 1.807) is 12.1 Å². The van der Waals surface area contributed by atoms with Crippen molar-refractivity contribution in [1.29, 1.82) is 0 Å². The van der Waals surface area contributed by atoms with Gasteiger partial charge in [-0.05, 0) is 11.6 Å². The number of rotatable bonds is 1. The fourth-order valence-corrected chi connectivity index (χ4v) is 1.97. The van der Waals surface area contributed by atoms with Crippen LogP contribution in [0.4, 0.5) is 5.69 Å². The zero-order chi connectivity index (χ0) is 10.3. The number of carbonyl (C=O) groups is 1. The van der Waals surface area contributed by atoms with Gasteiger partial charge in [-0.1, -0.05) is 29.3 Å². The second-order valence-electron chi connectivity index (χ2n) is 3.10. The van der Waals surface area contributed by atoms with Gasteiger partial charge in [-0.2, -0.15) is 0 Å². The average Bonchev–Trinajstić information content (AvgIpc) is 2.55. The summed E-state index contributed by atoms with van der Waals surface area (Å²) in [4.78, 5) is 10.8. The van der Waals surface area contributed by atoms with Crippen LogP contribution in [0.5, 0.6) is 0 Å². The largest absolute Gasteiger partial charge is 0.481 e. The monoisotopic (exact) mass is 231 g/mol. The van der Waals surface area contributed by atoms with Crippen molar-refractivity contribution in [2.75, 3.05) is 11.9 Å². The molecule has 0 fully saturated rings. The second kappa shape index (κ2) is 3.33. The molecule has 1 heterocycles. The first-order valence-electron chi connectivity index (χ1n) is 4.06. The normalized spacial score (nSPS) is 18.9. The van der Waals surface area contributed by atoms with Gasteiger partial charge in [-0.3, -0.25) is 4.79 Å². The lowest BCUT2D eigenvalue weighted by Crippen LogP contribution is -2.12. The first kappa shape index (κ1) is 9.62. The van der Waals surface area contributed by atoms with E-state index in [4.69, 9.17) is 28.3 Å². The van der Waals surface area contributed by atoms with Gasteiger partial charge in [-0.15, -0.1) is 0 Å². The molecule has 1 atom stereocenters. The molecule has 5 heteroatoms. The molecule has 74 valence electrons. The Kier molecular flexibility index (Phi) is 2.29. The summed E-state index contributed by atoms with van der Waals surface area (Å²) in [5, 5.41) is 12.7. The van der Waals surface area contributed by atoms with Crippen molar-refractivity contribution in [3.63, 3.8) is 0 Å². The van der Waals surface area contributed by atoms with E-state index in [0.29, 0.717) is 27.8 Å². The van der Waals surface area contributed by atoms with Gasteiger partial charge < -0.3 is 10.4 Å². The van der Waals surface area contributed by atoms with Gasteiger partial charge in [0, 0.05) is 6.54 Å². The minimum atomic E-state index is -0.852. The number of hydrogen-bond donors (Lipinski definition) is 2. The van der Waals surface area contributed by atoms with E-state index in [1.165, 1.54) is 0 Å². The van der Waals surface area contributed by atoms with Crippen LogP contribution in [0.3, 0.4) is 0 Å². The zero-order valence-electron chi connectivity index (χ0n) is 7.05. The standard InChI is InChI=1S/C9H7Cl2NO2/c10-6-2-1-4-5(9(13)14)3-12-8(4)7(6)11/h1-2,5,12H,3H2,(H,13,14). The Hall–Kier alpha value is -0.930. The smallest absolute Gasteiger partial charge is 0.312 e. The van der Waals surface area contributed by atoms with Crippen LogP contribution >= 0.6 is 23.2 Å². The SMILES string of the molecule is O=C(O)C1CNc2c1ccc(Cl)c2Cl. The summed E-state index contributed by atoms with van der Waals surface area (Å²) in [6.07, 6.45) is 0. The van der Waals surface area contributed by atoms with Crippen LogP contribution in [0.25, 0.3) is 0 Å². The van der Waals surface area contributed by atoms with Crippen LogP contribution in [0, 0.1) is 0 Å². The van der Waals surface area contributed by atoms with Gasteiger partial charge in [0.2, 0.25) is 0 Å². The highest BCUT2D eigenvalue weighted by Gasteiger charge is 2.30. The van der Waals surface area contributed by atoms with E-state index in [9.17, 15) is 4.79 Å². The Morgan fingerprint density at radius 1 is 1.50 bits per heavy atom. The van der Waals surface area contributed by atoms with Crippen LogP contribution < -0.4 is 5.32 Å². The molecule has 0 spiro atoms. The maximum Gasteiger partial charge on any atom is 0.312 e. The number of hydrogen-bond acceptors (Lipinski definition) is 2. The first-order chi connectivity index (χ1) is 6.61. The number of anilines is 1. The molecule has 1 unspecified atom stereocenters. The summed E-state index contributed by atoms with van der Waals surface area (Å²) < 4.78 is 0. The topological polar surface area (TPSA) is 49.3 Å². The minimum absolute atomic E-state index is 0.366. The van der Waals surface area contributed by atoms with Crippen LogP contribution in [0.1, 0.15) is 11.5 Å². The molecule has 0 bridgehead atoms. The van der Waals surface area contributed by atoms with E-state index >= 15 is 0 Å². The highest BCUT2D eigenvalue weighted by molar-refractivity contribution is 6.44. The van der Waals surface area contributed by atoms with E-state index in [-0.39, 0.29) is 0 Å². The van der Waals surface area contributed by atoms with Crippen molar-refractivity contribution < 1.29 is 9.90 Å². The first-order valence-corrected chi connectivity index (χ1v) is 4.81. The summed E-state index contributed by atoms with van der Waals surface area (Å²) in [5.41, 5.74) is 1.35. The van der Waals surface area contributed by atoms with Crippen molar-refractivity contribution in [2.45, 2.75) is 5.92 Å². The van der Waals surface area contributed by atoms with Gasteiger partial charge in [-0.25, -0.2) is 0 Å². The third kappa shape index (κ3) is 1.33. The number of carboxylic acid groups (broad SMARTS) is 1. The molecule has 0 radical (unpaired) electrons. The van der Waals surface area contributed by atoms with Gasteiger partial charge >= 0.3 is 5.97 Å². The lowest BCUT2D eigenvalue weighted by Gasteiger charge is -2.05. The Morgan fingerprint density at radius 2 is 2.21 bits per heavy atom. The number of halogens is 2. The number of fused-ring (bicyclic) bond motifs is 1. The maximum atomic E-state index is 10.8. The molecule has 1 aliphatic heterocycles. The number of carboxylic acids is 1. The number of nitrogens with one attached hydrogen (secondary N) is 1. The van der Waals surface area contributed by atoms with E-state index in [2.05, 4.69) is 5.32 Å². The van der Waals surface area contributed by atoms with Crippen molar-refractivity contribution >= 4 is 34.9 Å². The molecule has 0 aromatic heterocycles. The summed E-state index contributed by atoms with van der Waals surface area (Å²) >= 11 is 11.7.